The Bertz CT molecular complexity index is 1090. The van der Waals surface area contributed by atoms with Gasteiger partial charge in [-0.2, -0.15) is 0 Å². The molecule has 32 heavy (non-hydrogen) atoms. The number of hydrogen-bond donors (Lipinski definition) is 1. The second-order valence-corrected chi connectivity index (χ2v) is 7.00. The van der Waals surface area contributed by atoms with Crippen molar-refractivity contribution in [3.05, 3.63) is 68.7 Å². The summed E-state index contributed by atoms with van der Waals surface area (Å²) >= 11 is 0. The van der Waals surface area contributed by atoms with Crippen LogP contribution in [0, 0.1) is 10.1 Å². The van der Waals surface area contributed by atoms with Crippen LogP contribution in [-0.4, -0.2) is 35.2 Å². The van der Waals surface area contributed by atoms with Crippen molar-refractivity contribution in [2.45, 2.75) is 33.6 Å². The van der Waals surface area contributed by atoms with Crippen LogP contribution in [0.4, 0.5) is 5.69 Å². The van der Waals surface area contributed by atoms with E-state index in [2.05, 4.69) is 10.5 Å². The zero-order chi connectivity index (χ0) is 23.4. The number of carbonyl (C=O) groups excluding carboxylic acids is 2. The molecule has 0 saturated carbocycles. The van der Waals surface area contributed by atoms with Gasteiger partial charge in [-0.1, -0.05) is 17.3 Å². The van der Waals surface area contributed by atoms with Crippen molar-refractivity contribution in [2.24, 2.45) is 0 Å². The number of dihydropyridines is 1. The summed E-state index contributed by atoms with van der Waals surface area (Å²) in [7, 11) is 0. The third-order valence-corrected chi connectivity index (χ3v) is 4.92. The highest BCUT2D eigenvalue weighted by Gasteiger charge is 2.40. The maximum absolute atomic E-state index is 12.8. The van der Waals surface area contributed by atoms with Crippen LogP contribution in [-0.2, 0) is 19.1 Å². The summed E-state index contributed by atoms with van der Waals surface area (Å²) in [6.45, 7) is 7.05. The molecule has 1 N–H and O–H groups in total. The van der Waals surface area contributed by atoms with Gasteiger partial charge in [0.25, 0.3) is 5.69 Å². The molecule has 0 saturated heterocycles. The number of nitro benzene ring substituents is 1. The first-order valence-corrected chi connectivity index (χ1v) is 10.0. The van der Waals surface area contributed by atoms with Crippen LogP contribution in [0.3, 0.4) is 0 Å². The molecule has 0 radical (unpaired) electrons. The van der Waals surface area contributed by atoms with Gasteiger partial charge in [0.2, 0.25) is 0 Å². The van der Waals surface area contributed by atoms with Gasteiger partial charge in [-0.15, -0.1) is 0 Å². The number of allylic oxidation sites excluding steroid dienone is 2. The Morgan fingerprint density at radius 1 is 1.09 bits per heavy atom. The third kappa shape index (κ3) is 4.39. The molecule has 0 spiro atoms. The zero-order valence-electron chi connectivity index (χ0n) is 18.1. The van der Waals surface area contributed by atoms with Gasteiger partial charge >= 0.3 is 11.9 Å². The smallest absolute Gasteiger partial charge is 0.336 e. The Morgan fingerprint density at radius 3 is 2.22 bits per heavy atom. The van der Waals surface area contributed by atoms with Gasteiger partial charge in [0, 0.05) is 35.2 Å². The molecule has 0 fully saturated rings. The standard InChI is InChI=1S/C22H23N3O7/c1-5-30-21(26)18-12(3)23-13(4)19(22(27)31-6-2)20(18)17-11-16(24-32-17)14-8-7-9-15(10-14)25(28)29/h7-11,20,23H,5-6H2,1-4H3. The molecule has 1 aromatic carbocycles. The van der Waals surface area contributed by atoms with Crippen LogP contribution in [0.1, 0.15) is 39.4 Å². The second kappa shape index (κ2) is 9.46. The molecule has 2 heterocycles. The number of nitro groups is 1. The number of carbonyl (C=O) groups is 2. The molecular weight excluding hydrogens is 418 g/mol. The fourth-order valence-electron chi connectivity index (χ4n) is 3.58. The maximum Gasteiger partial charge on any atom is 0.336 e. The largest absolute Gasteiger partial charge is 0.463 e. The van der Waals surface area contributed by atoms with E-state index in [1.54, 1.807) is 39.8 Å². The van der Waals surface area contributed by atoms with Crippen molar-refractivity contribution < 1.29 is 28.5 Å². The van der Waals surface area contributed by atoms with Crippen molar-refractivity contribution in [3.63, 3.8) is 0 Å². The first-order valence-electron chi connectivity index (χ1n) is 10.0. The lowest BCUT2D eigenvalue weighted by atomic mass is 9.83. The minimum atomic E-state index is -0.922. The van der Waals surface area contributed by atoms with Gasteiger partial charge in [-0.25, -0.2) is 9.59 Å². The molecule has 2 aromatic rings. The molecule has 3 rings (SSSR count). The highest BCUT2D eigenvalue weighted by atomic mass is 16.6. The number of hydrogen-bond acceptors (Lipinski definition) is 9. The van der Waals surface area contributed by atoms with Gasteiger partial charge in [0.1, 0.15) is 11.5 Å². The molecule has 168 valence electrons. The second-order valence-electron chi connectivity index (χ2n) is 7.00. The molecule has 0 bridgehead atoms. The Balaban J connectivity index is 2.12. The fraction of sp³-hybridized carbons (Fsp3) is 0.318. The zero-order valence-corrected chi connectivity index (χ0v) is 18.1. The van der Waals surface area contributed by atoms with Crippen LogP contribution in [0.15, 0.2) is 57.4 Å². The van der Waals surface area contributed by atoms with Crippen LogP contribution in [0.2, 0.25) is 0 Å². The summed E-state index contributed by atoms with van der Waals surface area (Å²) in [6.07, 6.45) is 0. The average molecular weight is 441 g/mol. The first kappa shape index (κ1) is 22.7. The molecule has 10 nitrogen and oxygen atoms in total. The highest BCUT2D eigenvalue weighted by Crippen LogP contribution is 2.40. The van der Waals surface area contributed by atoms with Crippen LogP contribution >= 0.6 is 0 Å². The molecule has 10 heteroatoms. The number of benzene rings is 1. The maximum atomic E-state index is 12.8. The number of nitrogens with one attached hydrogen (secondary N) is 1. The van der Waals surface area contributed by atoms with Gasteiger partial charge in [0.05, 0.1) is 35.2 Å². The van der Waals surface area contributed by atoms with Crippen molar-refractivity contribution in [1.29, 1.82) is 0 Å². The number of esters is 2. The molecule has 1 aliphatic heterocycles. The van der Waals surface area contributed by atoms with E-state index >= 15 is 0 Å². The molecule has 0 aliphatic carbocycles. The lowest BCUT2D eigenvalue weighted by molar-refractivity contribution is -0.384. The van der Waals surface area contributed by atoms with E-state index in [1.807, 2.05) is 0 Å². The minimum absolute atomic E-state index is 0.0974. The van der Waals surface area contributed by atoms with Crippen LogP contribution < -0.4 is 5.32 Å². The first-order chi connectivity index (χ1) is 15.3. The molecule has 0 atom stereocenters. The van der Waals surface area contributed by atoms with E-state index in [9.17, 15) is 19.7 Å². The van der Waals surface area contributed by atoms with Gasteiger partial charge < -0.3 is 19.3 Å². The van der Waals surface area contributed by atoms with E-state index in [1.165, 1.54) is 18.2 Å². The normalized spacial score (nSPS) is 14.2. The van der Waals surface area contributed by atoms with E-state index in [-0.39, 0.29) is 35.8 Å². The van der Waals surface area contributed by atoms with Crippen molar-refractivity contribution >= 4 is 17.6 Å². The van der Waals surface area contributed by atoms with Crippen molar-refractivity contribution in [3.8, 4) is 11.3 Å². The summed E-state index contributed by atoms with van der Waals surface area (Å²) in [5.74, 6) is -1.93. The predicted octanol–water partition coefficient (Wildman–Crippen LogP) is 3.61. The number of aromatic nitrogens is 1. The van der Waals surface area contributed by atoms with E-state index in [0.717, 1.165) is 0 Å². The van der Waals surface area contributed by atoms with E-state index < -0.39 is 22.8 Å². The molecule has 1 aromatic heterocycles. The fourth-order valence-corrected chi connectivity index (χ4v) is 3.58. The quantitative estimate of drug-likeness (QED) is 0.388. The number of nitrogens with zero attached hydrogens (tertiary/aromatic N) is 2. The lowest BCUT2D eigenvalue weighted by Crippen LogP contribution is -2.32. The average Bonchev–Trinajstić information content (AvgIpc) is 3.23. The number of non-ortho nitro benzene ring substituents is 1. The SMILES string of the molecule is CCOC(=O)C1=C(C)NC(C)=C(C(=O)OCC)C1c1cc(-c2cccc([N+](=O)[O-])c2)no1. The Hall–Kier alpha value is -3.95. The van der Waals surface area contributed by atoms with Gasteiger partial charge in [-0.05, 0) is 27.7 Å². The van der Waals surface area contributed by atoms with Gasteiger partial charge in [0.15, 0.2) is 0 Å². The summed E-state index contributed by atoms with van der Waals surface area (Å²) in [5, 5.41) is 18.2. The molecular formula is C22H23N3O7. The Kier molecular flexibility index (Phi) is 6.72. The summed E-state index contributed by atoms with van der Waals surface area (Å²) in [5.41, 5.74) is 2.09. The van der Waals surface area contributed by atoms with E-state index in [4.69, 9.17) is 14.0 Å². The van der Waals surface area contributed by atoms with Crippen LogP contribution in [0.5, 0.6) is 0 Å². The number of rotatable bonds is 7. The summed E-state index contributed by atoms with van der Waals surface area (Å²) in [4.78, 5) is 36.2. The molecule has 0 unspecified atom stereocenters. The topological polar surface area (TPSA) is 134 Å². The lowest BCUT2D eigenvalue weighted by Gasteiger charge is -2.28. The third-order valence-electron chi connectivity index (χ3n) is 4.92. The van der Waals surface area contributed by atoms with Crippen molar-refractivity contribution in [1.82, 2.24) is 10.5 Å². The molecule has 0 amide bonds. The highest BCUT2D eigenvalue weighted by molar-refractivity contribution is 5.99. The molecule has 1 aliphatic rings. The van der Waals surface area contributed by atoms with Crippen LogP contribution in [0.25, 0.3) is 11.3 Å². The van der Waals surface area contributed by atoms with E-state index in [0.29, 0.717) is 22.7 Å². The number of ether oxygens (including phenoxy) is 2. The monoisotopic (exact) mass is 441 g/mol. The minimum Gasteiger partial charge on any atom is -0.463 e. The predicted molar refractivity (Wildman–Crippen MR) is 113 cm³/mol. The summed E-state index contributed by atoms with van der Waals surface area (Å²) < 4.78 is 16.0. The van der Waals surface area contributed by atoms with Gasteiger partial charge in [-0.3, -0.25) is 10.1 Å². The van der Waals surface area contributed by atoms with Crippen molar-refractivity contribution in [2.75, 3.05) is 13.2 Å². The Labute approximate surface area is 184 Å². The summed E-state index contributed by atoms with van der Waals surface area (Å²) in [6, 6.07) is 7.47. The Morgan fingerprint density at radius 2 is 1.69 bits per heavy atom.